The van der Waals surface area contributed by atoms with Crippen LogP contribution in [0, 0.1) is 23.5 Å². The Morgan fingerprint density at radius 1 is 0.470 bits per heavy atom. The Kier molecular flexibility index (Phi) is 29.3. The van der Waals surface area contributed by atoms with Crippen molar-refractivity contribution in [2.24, 2.45) is 11.8 Å². The zero-order chi connectivity index (χ0) is 82.7. The zero-order valence-electron chi connectivity index (χ0n) is 68.0. The number of fused-ring (bicyclic) bond motifs is 5. The molecule has 618 valence electrons. The van der Waals surface area contributed by atoms with Crippen molar-refractivity contribution >= 4 is 79.6 Å². The highest BCUT2D eigenvalue weighted by molar-refractivity contribution is 7.08. The van der Waals surface area contributed by atoms with Gasteiger partial charge in [0.25, 0.3) is 23.6 Å². The summed E-state index contributed by atoms with van der Waals surface area (Å²) in [5.74, 6) is 2.81. The first-order chi connectivity index (χ1) is 56.6. The minimum Gasteiger partial charge on any atom is -0.454 e. The summed E-state index contributed by atoms with van der Waals surface area (Å²) in [6.45, 7) is 22.4. The van der Waals surface area contributed by atoms with Crippen LogP contribution in [-0.2, 0) is 45.4 Å². The van der Waals surface area contributed by atoms with Gasteiger partial charge < -0.3 is 47.3 Å². The van der Waals surface area contributed by atoms with Gasteiger partial charge in [-0.05, 0) is 184 Å². The fourth-order valence-electron chi connectivity index (χ4n) is 15.3. The van der Waals surface area contributed by atoms with Crippen molar-refractivity contribution in [2.75, 3.05) is 33.0 Å². The van der Waals surface area contributed by atoms with E-state index in [-0.39, 0.29) is 42.2 Å². The van der Waals surface area contributed by atoms with E-state index in [1.54, 1.807) is 57.9 Å². The third kappa shape index (κ3) is 21.2. The molecule has 3 aliphatic rings. The molecule has 2 saturated carbocycles. The number of pyridine rings is 4. The number of amides is 4. The van der Waals surface area contributed by atoms with E-state index >= 15 is 0 Å². The number of carbonyl (C=O) groups is 4. The van der Waals surface area contributed by atoms with Crippen LogP contribution in [0.25, 0.3) is 44.7 Å². The lowest BCUT2D eigenvalue weighted by Crippen LogP contribution is -2.35. The van der Waals surface area contributed by atoms with Crippen LogP contribution in [0.3, 0.4) is 0 Å². The Hall–Kier alpha value is -11.0. The Bertz CT molecular complexity index is 5320. The summed E-state index contributed by atoms with van der Waals surface area (Å²) in [6.07, 6.45) is 18.0. The first-order valence-corrected chi connectivity index (χ1v) is 42.0. The lowest BCUT2D eigenvalue weighted by Gasteiger charge is -2.26. The summed E-state index contributed by atoms with van der Waals surface area (Å²) in [7, 11) is 0. The van der Waals surface area contributed by atoms with Gasteiger partial charge in [-0.25, -0.2) is 48.7 Å². The van der Waals surface area contributed by atoms with Crippen molar-refractivity contribution in [3.63, 3.8) is 0 Å². The van der Waals surface area contributed by atoms with E-state index in [0.717, 1.165) is 176 Å². The molecule has 2 fully saturated rings. The molecule has 15 rings (SSSR count). The predicted octanol–water partition coefficient (Wildman–Crippen LogP) is 19.7. The number of carbonyl (C=O) groups excluding carboxylic acids is 4. The molecule has 0 saturated heterocycles. The van der Waals surface area contributed by atoms with Gasteiger partial charge in [0.1, 0.15) is 45.4 Å². The number of aromatic nitrogens is 12. The van der Waals surface area contributed by atoms with Crippen molar-refractivity contribution in [1.82, 2.24) is 77.7 Å². The third-order valence-electron chi connectivity index (χ3n) is 21.1. The summed E-state index contributed by atoms with van der Waals surface area (Å²) >= 11 is 1.55. The van der Waals surface area contributed by atoms with Crippen LogP contribution < -0.4 is 9.47 Å². The van der Waals surface area contributed by atoms with Gasteiger partial charge in [-0.15, -0.1) is 0 Å². The number of aryl methyl sites for hydroxylation is 2. The quantitative estimate of drug-likeness (QED) is 0.0398. The molecule has 2 aliphatic carbocycles. The highest BCUT2D eigenvalue weighted by Gasteiger charge is 2.34. The molecule has 22 nitrogen and oxygen atoms in total. The molecule has 0 bridgehead atoms. The molecule has 0 spiro atoms. The molecule has 0 N–H and O–H groups in total. The van der Waals surface area contributed by atoms with Gasteiger partial charge in [-0.2, -0.15) is 24.5 Å². The molecule has 117 heavy (non-hydrogen) atoms. The topological polar surface area (TPSA) is 223 Å². The molecule has 9 aromatic heterocycles. The number of imidazole rings is 4. The van der Waals surface area contributed by atoms with Crippen molar-refractivity contribution in [1.29, 1.82) is 0 Å². The molecule has 28 heteroatoms. The van der Waals surface area contributed by atoms with Gasteiger partial charge >= 0.3 is 6.18 Å². The van der Waals surface area contributed by atoms with Crippen LogP contribution >= 0.6 is 11.3 Å². The maximum absolute atomic E-state index is 13.7. The van der Waals surface area contributed by atoms with Crippen molar-refractivity contribution in [3.05, 3.63) is 214 Å². The number of hydrogen-bond acceptors (Lipinski definition) is 15. The molecule has 4 amide bonds. The molecule has 1 aliphatic heterocycles. The Balaban J connectivity index is 0.000000144. The number of thiophene rings is 1. The summed E-state index contributed by atoms with van der Waals surface area (Å²) < 4.78 is 85.8. The third-order valence-corrected chi connectivity index (χ3v) is 21.8. The molecule has 12 aromatic rings. The van der Waals surface area contributed by atoms with Gasteiger partial charge in [0.2, 0.25) is 6.79 Å². The predicted molar refractivity (Wildman–Crippen MR) is 443 cm³/mol. The number of hydrogen-bond donors (Lipinski definition) is 0. The highest BCUT2D eigenvalue weighted by atomic mass is 32.1. The summed E-state index contributed by atoms with van der Waals surface area (Å²) in [4.78, 5) is 97.0. The van der Waals surface area contributed by atoms with Crippen LogP contribution in [0.15, 0.2) is 151 Å². The Morgan fingerprint density at radius 3 is 1.39 bits per heavy atom. The average Bonchev–Trinajstić information content (AvgIpc) is 1.66. The van der Waals surface area contributed by atoms with Gasteiger partial charge in [-0.1, -0.05) is 100.0 Å². The lowest BCUT2D eigenvalue weighted by atomic mass is 10.1. The minimum absolute atomic E-state index is 0.0232. The van der Waals surface area contributed by atoms with Crippen LogP contribution in [0.1, 0.15) is 234 Å². The smallest absolute Gasteiger partial charge is 0.416 e. The average molecular weight is 1620 g/mol. The molecular weight excluding hydrogens is 1520 g/mol. The number of alkyl halides is 3. The van der Waals surface area contributed by atoms with Crippen molar-refractivity contribution in [3.8, 4) is 11.5 Å². The van der Waals surface area contributed by atoms with E-state index in [1.165, 1.54) is 43.9 Å². The molecule has 0 unspecified atom stereocenters. The normalized spacial score (nSPS) is 13.5. The van der Waals surface area contributed by atoms with Gasteiger partial charge in [0, 0.05) is 98.2 Å². The fourth-order valence-corrected chi connectivity index (χ4v) is 15.9. The largest absolute Gasteiger partial charge is 0.454 e. The SMILES string of the molecule is CC(C)CN(Cc1nc2cccnc2n1C1CCCC1)C(=O)c1ccc2c(c1)OCO2.CCCCN(Cc1nc2cccnc2n1C1CCCC1)C(=O)c1ccc(F)c(F)c1.CCCCN(Cc1nc2cccnc2n1CCC)C(=O)c1cccc(C(F)(F)F)c1.CCCn1c(CN(CCC(C)C)C(=O)c2ccsc2)nc2cccnc21. The second kappa shape index (κ2) is 40.2. The summed E-state index contributed by atoms with van der Waals surface area (Å²) in [5, 5.41) is 3.87. The van der Waals surface area contributed by atoms with Crippen LogP contribution in [0.2, 0.25) is 0 Å². The van der Waals surface area contributed by atoms with E-state index in [4.69, 9.17) is 24.4 Å². The second-order valence-electron chi connectivity index (χ2n) is 30.9. The second-order valence-corrected chi connectivity index (χ2v) is 31.6. The van der Waals surface area contributed by atoms with E-state index in [0.29, 0.717) is 92.6 Å². The number of nitrogens with zero attached hydrogens (tertiary/aromatic N) is 16. The van der Waals surface area contributed by atoms with Crippen molar-refractivity contribution < 1.29 is 50.6 Å². The standard InChI is InChI=1S/C24H28N4O3.C23H26F2N4O.C22H25F3N4O.C20H26N4OS/c1-16(2)13-27(24(29)17-9-10-20-21(12-17)31-15-30-20)14-22-26-19-8-5-11-25-23(19)28(22)18-6-3-4-7-18;1-2-3-13-28(23(30)16-10-11-18(24)19(25)14-16)15-21-27-20-9-6-12-26-22(20)29(21)17-7-4-5-8-17;1-3-5-13-28(21(30)16-8-6-9-17(14-16)22(23,24)25)15-19-27-18-10-7-11-26-20(18)29(19)12-4-2;1-4-10-24-18(22-17-6-5-9-21-19(17)24)13-23(11-7-15(2)3)20(25)16-8-12-26-14-16/h5,8-12,16,18H,3-4,6-7,13-15H2,1-2H3;6,9-12,14,17H,2-5,7-8,13,15H2,1H3;6-11,14H,3-5,12-13,15H2,1-2H3;5-6,8-9,12,14-15H,4,7,10-11,13H2,1-3H3. The molecule has 3 aromatic carbocycles. The van der Waals surface area contributed by atoms with Gasteiger partial charge in [-0.3, -0.25) is 19.2 Å². The number of ether oxygens (including phenoxy) is 2. The molecular formula is C89H105F5N16O6S. The first-order valence-electron chi connectivity index (χ1n) is 41.1. The first kappa shape index (κ1) is 85.3. The highest BCUT2D eigenvalue weighted by Crippen LogP contribution is 2.38. The van der Waals surface area contributed by atoms with E-state index in [1.807, 2.05) is 99.8 Å². The molecule has 0 radical (unpaired) electrons. The summed E-state index contributed by atoms with van der Waals surface area (Å²) in [6, 6.07) is 31.2. The van der Waals surface area contributed by atoms with E-state index in [2.05, 4.69) is 80.2 Å². The van der Waals surface area contributed by atoms with Crippen LogP contribution in [-0.4, -0.2) is 134 Å². The van der Waals surface area contributed by atoms with E-state index in [9.17, 15) is 41.1 Å². The van der Waals surface area contributed by atoms with Crippen LogP contribution in [0.5, 0.6) is 11.5 Å². The zero-order valence-corrected chi connectivity index (χ0v) is 68.8. The molecule has 10 heterocycles. The molecule has 0 atom stereocenters. The van der Waals surface area contributed by atoms with Gasteiger partial charge in [0.15, 0.2) is 45.7 Å². The van der Waals surface area contributed by atoms with E-state index < -0.39 is 29.3 Å². The number of rotatable bonds is 29. The maximum atomic E-state index is 13.7. The monoisotopic (exact) mass is 1620 g/mol. The van der Waals surface area contributed by atoms with Gasteiger partial charge in [0.05, 0.1) is 37.3 Å². The number of unbranched alkanes of at least 4 members (excludes halogenated alkanes) is 2. The fraction of sp³-hybridized carbons (Fsp3) is 0.438. The maximum Gasteiger partial charge on any atom is 0.416 e. The number of halogens is 5. The lowest BCUT2D eigenvalue weighted by molar-refractivity contribution is -0.137. The number of benzene rings is 3. The Morgan fingerprint density at radius 2 is 0.915 bits per heavy atom. The van der Waals surface area contributed by atoms with Crippen molar-refractivity contribution in [2.45, 2.75) is 209 Å². The minimum atomic E-state index is -4.49. The Labute approximate surface area is 683 Å². The summed E-state index contributed by atoms with van der Waals surface area (Å²) in [5.41, 5.74) is 7.45. The van der Waals surface area contributed by atoms with Crippen LogP contribution in [0.4, 0.5) is 22.0 Å².